The third-order valence-corrected chi connectivity index (χ3v) is 9.79. The second-order valence-corrected chi connectivity index (χ2v) is 13.3. The molecular weight excluding hydrogens is 718 g/mol. The van der Waals surface area contributed by atoms with Gasteiger partial charge in [-0.05, 0) is 30.7 Å². The highest BCUT2D eigenvalue weighted by atomic mass is 16.8. The summed E-state index contributed by atoms with van der Waals surface area (Å²) in [5.74, 6) is -1.29. The van der Waals surface area contributed by atoms with Crippen LogP contribution < -0.4 is 10.1 Å². The van der Waals surface area contributed by atoms with E-state index in [0.717, 1.165) is 6.07 Å². The highest BCUT2D eigenvalue weighted by Crippen LogP contribution is 2.33. The number of carboxylic acid groups (broad SMARTS) is 1. The van der Waals surface area contributed by atoms with E-state index in [1.807, 2.05) is 0 Å². The second-order valence-electron chi connectivity index (χ2n) is 13.3. The van der Waals surface area contributed by atoms with Gasteiger partial charge in [0.05, 0.1) is 43.6 Å². The maximum Gasteiger partial charge on any atom is 0.335 e. The number of aliphatic hydroxyl groups excluding tert-OH is 12. The highest BCUT2D eigenvalue weighted by Gasteiger charge is 2.54. The van der Waals surface area contributed by atoms with Gasteiger partial charge in [-0.1, -0.05) is 12.1 Å². The van der Waals surface area contributed by atoms with Crippen molar-refractivity contribution in [3.8, 4) is 5.75 Å². The molecule has 0 radical (unpaired) electrons. The van der Waals surface area contributed by atoms with Crippen LogP contribution in [0.3, 0.4) is 0 Å². The monoisotopic (exact) mass is 765 g/mol. The Balaban J connectivity index is 1.22. The van der Waals surface area contributed by atoms with Gasteiger partial charge in [0.15, 0.2) is 12.6 Å². The number of carboxylic acids is 1. The van der Waals surface area contributed by atoms with Crippen molar-refractivity contribution in [2.24, 2.45) is 0 Å². The maximum atomic E-state index is 11.3. The van der Waals surface area contributed by atoms with Gasteiger partial charge in [0.25, 0.3) is 0 Å². The van der Waals surface area contributed by atoms with Crippen LogP contribution >= 0.6 is 0 Å². The third kappa shape index (κ3) is 8.67. The molecule has 14 N–H and O–H groups in total. The minimum absolute atomic E-state index is 0.00979. The Hall–Kier alpha value is -2.49. The summed E-state index contributed by atoms with van der Waals surface area (Å²) in [6.07, 6.45) is -27.0. The van der Waals surface area contributed by atoms with Crippen LogP contribution in [0.4, 0.5) is 0 Å². The van der Waals surface area contributed by atoms with Gasteiger partial charge < -0.3 is 100 Å². The minimum atomic E-state index is -1.99. The van der Waals surface area contributed by atoms with Crippen LogP contribution in [0.5, 0.6) is 5.75 Å². The Kier molecular flexibility index (Phi) is 13.8. The van der Waals surface area contributed by atoms with E-state index in [2.05, 4.69) is 5.32 Å². The zero-order valence-corrected chi connectivity index (χ0v) is 28.1. The van der Waals surface area contributed by atoms with Crippen molar-refractivity contribution in [2.45, 2.75) is 123 Å². The van der Waals surface area contributed by atoms with Gasteiger partial charge in [-0.2, -0.15) is 0 Å². The molecule has 3 saturated heterocycles. The Morgan fingerprint density at radius 3 is 1.83 bits per heavy atom. The molecule has 19 unspecified atom stereocenters. The number of nitrogens with one attached hydrogen (secondary N) is 1. The van der Waals surface area contributed by atoms with Crippen LogP contribution in [0.15, 0.2) is 35.9 Å². The molecule has 0 aromatic heterocycles. The maximum absolute atomic E-state index is 11.3. The summed E-state index contributed by atoms with van der Waals surface area (Å²) in [6.45, 7) is -0.854. The number of carbonyl (C=O) groups is 1. The molecule has 3 aliphatic heterocycles. The van der Waals surface area contributed by atoms with E-state index < -0.39 is 142 Å². The van der Waals surface area contributed by atoms with E-state index in [9.17, 15) is 71.2 Å². The molecule has 21 nitrogen and oxygen atoms in total. The number of benzene rings is 1. The standard InChI is InChI=1S/C32H47NO20/c1-10-17(33-14-6-12(7-34)18(37)21(40)19(14)38)20(39)24(43)30(48-10)52-27-16(9-36)51-32(26(45)23(27)42)53-28-15(8-35)50-31(25(44)22(28)41)49-13-4-2-3-11(5-13)29(46)47/h2-6,10,14-28,30-45H,7-9H2,1H3,(H,46,47). The Labute approximate surface area is 301 Å². The molecule has 53 heavy (non-hydrogen) atoms. The molecule has 3 heterocycles. The van der Waals surface area contributed by atoms with E-state index in [1.54, 1.807) is 0 Å². The fourth-order valence-corrected chi connectivity index (χ4v) is 6.73. The fourth-order valence-electron chi connectivity index (χ4n) is 6.73. The topological polar surface area (TPSA) is 347 Å². The van der Waals surface area contributed by atoms with Gasteiger partial charge in [-0.15, -0.1) is 0 Å². The van der Waals surface area contributed by atoms with Gasteiger partial charge in [0.2, 0.25) is 6.29 Å². The molecule has 5 rings (SSSR count). The van der Waals surface area contributed by atoms with E-state index >= 15 is 0 Å². The quantitative estimate of drug-likeness (QED) is 0.0879. The zero-order valence-electron chi connectivity index (χ0n) is 28.1. The average Bonchev–Trinajstić information content (AvgIpc) is 3.14. The highest BCUT2D eigenvalue weighted by molar-refractivity contribution is 5.88. The first kappa shape index (κ1) is 41.7. The number of aromatic carboxylic acids is 1. The summed E-state index contributed by atoms with van der Waals surface area (Å²) in [7, 11) is 0. The minimum Gasteiger partial charge on any atom is -0.478 e. The van der Waals surface area contributed by atoms with E-state index in [0.29, 0.717) is 0 Å². The van der Waals surface area contributed by atoms with Crippen LogP contribution in [0.2, 0.25) is 0 Å². The number of aliphatic hydroxyl groups is 12. The normalized spacial score (nSPS) is 45.0. The summed E-state index contributed by atoms with van der Waals surface area (Å²) in [5, 5.41) is 138. The van der Waals surface area contributed by atoms with E-state index in [1.165, 1.54) is 31.2 Å². The molecule has 21 heteroatoms. The fraction of sp³-hybridized carbons (Fsp3) is 0.719. The largest absolute Gasteiger partial charge is 0.478 e. The number of ether oxygens (including phenoxy) is 6. The molecule has 0 spiro atoms. The number of rotatable bonds is 12. The average molecular weight is 766 g/mol. The van der Waals surface area contributed by atoms with Gasteiger partial charge in [-0.25, -0.2) is 4.79 Å². The molecule has 1 aliphatic carbocycles. The van der Waals surface area contributed by atoms with E-state index in [4.69, 9.17) is 28.4 Å². The van der Waals surface area contributed by atoms with Crippen LogP contribution in [-0.4, -0.2) is 209 Å². The summed E-state index contributed by atoms with van der Waals surface area (Å²) >= 11 is 0. The van der Waals surface area contributed by atoms with Crippen molar-refractivity contribution in [2.75, 3.05) is 19.8 Å². The van der Waals surface area contributed by atoms with Crippen LogP contribution in [0, 0.1) is 0 Å². The second kappa shape index (κ2) is 17.5. The molecule has 1 aromatic rings. The van der Waals surface area contributed by atoms with Crippen molar-refractivity contribution in [3.05, 3.63) is 41.5 Å². The molecular formula is C32H47NO20. The van der Waals surface area contributed by atoms with Gasteiger partial charge in [0, 0.05) is 0 Å². The van der Waals surface area contributed by atoms with Crippen molar-refractivity contribution >= 4 is 5.97 Å². The lowest BCUT2D eigenvalue weighted by atomic mass is 9.86. The Morgan fingerprint density at radius 1 is 0.717 bits per heavy atom. The predicted molar refractivity (Wildman–Crippen MR) is 170 cm³/mol. The van der Waals surface area contributed by atoms with Crippen molar-refractivity contribution in [1.29, 1.82) is 0 Å². The lowest BCUT2D eigenvalue weighted by Crippen LogP contribution is -2.68. The summed E-state index contributed by atoms with van der Waals surface area (Å²) in [6, 6.07) is 2.96. The number of hydrogen-bond acceptors (Lipinski definition) is 20. The van der Waals surface area contributed by atoms with Crippen molar-refractivity contribution in [3.63, 3.8) is 0 Å². The predicted octanol–water partition coefficient (Wildman–Crippen LogP) is -6.78. The van der Waals surface area contributed by atoms with Gasteiger partial charge in [0.1, 0.15) is 85.1 Å². The molecule has 0 bridgehead atoms. The smallest absolute Gasteiger partial charge is 0.335 e. The Morgan fingerprint density at radius 2 is 1.26 bits per heavy atom. The summed E-state index contributed by atoms with van der Waals surface area (Å²) in [4.78, 5) is 11.3. The van der Waals surface area contributed by atoms with Gasteiger partial charge >= 0.3 is 5.97 Å². The summed E-state index contributed by atoms with van der Waals surface area (Å²) < 4.78 is 33.9. The van der Waals surface area contributed by atoms with Crippen LogP contribution in [0.25, 0.3) is 0 Å². The van der Waals surface area contributed by atoms with Crippen LogP contribution in [-0.2, 0) is 23.7 Å². The third-order valence-electron chi connectivity index (χ3n) is 9.79. The molecule has 0 saturated carbocycles. The van der Waals surface area contributed by atoms with Crippen molar-refractivity contribution < 1.29 is 99.6 Å². The first-order valence-corrected chi connectivity index (χ1v) is 16.8. The molecule has 300 valence electrons. The lowest BCUT2D eigenvalue weighted by Gasteiger charge is -2.48. The Bertz CT molecular complexity index is 1400. The molecule has 3 fully saturated rings. The lowest BCUT2D eigenvalue weighted by molar-refractivity contribution is -0.372. The molecule has 4 aliphatic rings. The molecule has 19 atom stereocenters. The first-order valence-electron chi connectivity index (χ1n) is 16.8. The van der Waals surface area contributed by atoms with Crippen LogP contribution in [0.1, 0.15) is 17.3 Å². The molecule has 0 amide bonds. The van der Waals surface area contributed by atoms with Gasteiger partial charge in [-0.3, -0.25) is 0 Å². The molecule has 1 aromatic carbocycles. The SMILES string of the molecule is CC1OC(OC2C(CO)OC(OC3C(CO)OC(Oc4cccc(C(=O)O)c4)C(O)C3O)C(O)C2O)C(O)C(O)C1NC1C=C(CO)C(O)C(O)C1O. The zero-order chi connectivity index (χ0) is 38.9. The summed E-state index contributed by atoms with van der Waals surface area (Å²) in [5.41, 5.74) is -0.127. The van der Waals surface area contributed by atoms with Crippen molar-refractivity contribution in [1.82, 2.24) is 5.32 Å². The first-order chi connectivity index (χ1) is 25.1. The number of hydrogen-bond donors (Lipinski definition) is 14. The van der Waals surface area contributed by atoms with E-state index in [-0.39, 0.29) is 16.9 Å².